The van der Waals surface area contributed by atoms with E-state index in [0.717, 1.165) is 30.0 Å². The minimum Gasteiger partial charge on any atom is -0.493 e. The maximum Gasteiger partial charge on any atom is 0.330 e. The second kappa shape index (κ2) is 7.82. The van der Waals surface area contributed by atoms with Crippen molar-refractivity contribution in [3.63, 3.8) is 0 Å². The molecule has 8 heteroatoms. The summed E-state index contributed by atoms with van der Waals surface area (Å²) in [5.41, 5.74) is 2.16. The molecule has 1 aromatic carbocycles. The molecule has 3 aliphatic heterocycles. The minimum atomic E-state index is -0.938. The van der Waals surface area contributed by atoms with Crippen molar-refractivity contribution in [2.24, 2.45) is 11.8 Å². The van der Waals surface area contributed by atoms with E-state index in [-0.39, 0.29) is 48.0 Å². The Kier molecular flexibility index (Phi) is 5.04. The fourth-order valence-corrected chi connectivity index (χ4v) is 7.25. The van der Waals surface area contributed by atoms with Crippen LogP contribution in [-0.4, -0.2) is 72.6 Å². The Bertz CT molecular complexity index is 1130. The average Bonchev–Trinajstić information content (AvgIpc) is 3.34. The fraction of sp³-hybridized carbons (Fsp3) is 0.593. The highest BCUT2D eigenvalue weighted by Gasteiger charge is 2.65. The van der Waals surface area contributed by atoms with Crippen LogP contribution >= 0.6 is 0 Å². The van der Waals surface area contributed by atoms with Crippen molar-refractivity contribution in [1.82, 2.24) is 9.80 Å². The average molecular weight is 481 g/mol. The normalized spacial score (nSPS) is 33.6. The molecule has 186 valence electrons. The first-order valence-electron chi connectivity index (χ1n) is 12.6. The van der Waals surface area contributed by atoms with Gasteiger partial charge < -0.3 is 19.1 Å². The van der Waals surface area contributed by atoms with Gasteiger partial charge in [-0.3, -0.25) is 14.5 Å². The number of ether oxygens (including phenoxy) is 3. The number of amides is 2. The van der Waals surface area contributed by atoms with Gasteiger partial charge >= 0.3 is 5.97 Å². The molecular formula is C27H32N2O6. The lowest BCUT2D eigenvalue weighted by Gasteiger charge is -2.56. The predicted molar refractivity (Wildman–Crippen MR) is 126 cm³/mol. The summed E-state index contributed by atoms with van der Waals surface area (Å²) in [5.74, 6) is 0.258. The molecule has 1 spiro atoms. The van der Waals surface area contributed by atoms with Gasteiger partial charge in [0.1, 0.15) is 12.1 Å². The molecule has 3 heterocycles. The van der Waals surface area contributed by atoms with Crippen LogP contribution in [0.4, 0.5) is 0 Å². The van der Waals surface area contributed by atoms with Crippen molar-refractivity contribution in [2.45, 2.75) is 69.2 Å². The predicted octanol–water partition coefficient (Wildman–Crippen LogP) is 2.23. The lowest BCUT2D eigenvalue weighted by Crippen LogP contribution is -2.65. The van der Waals surface area contributed by atoms with Crippen LogP contribution < -0.4 is 9.47 Å². The second-order valence-corrected chi connectivity index (χ2v) is 10.9. The minimum absolute atomic E-state index is 0.141. The van der Waals surface area contributed by atoms with Crippen molar-refractivity contribution >= 4 is 17.8 Å². The van der Waals surface area contributed by atoms with E-state index in [1.807, 2.05) is 26.0 Å². The summed E-state index contributed by atoms with van der Waals surface area (Å²) in [6.45, 7) is 4.59. The number of esters is 1. The third-order valence-electron chi connectivity index (χ3n) is 8.83. The van der Waals surface area contributed by atoms with Crippen LogP contribution in [0.25, 0.3) is 0 Å². The van der Waals surface area contributed by atoms with Crippen LogP contribution in [-0.2, 0) is 31.0 Å². The summed E-state index contributed by atoms with van der Waals surface area (Å²) in [6, 6.07) is 3.52. The van der Waals surface area contributed by atoms with Gasteiger partial charge in [-0.25, -0.2) is 4.79 Å². The van der Waals surface area contributed by atoms with Crippen molar-refractivity contribution in [2.75, 3.05) is 20.7 Å². The van der Waals surface area contributed by atoms with Crippen molar-refractivity contribution in [3.05, 3.63) is 35.4 Å². The molecule has 0 radical (unpaired) electrons. The molecule has 2 fully saturated rings. The van der Waals surface area contributed by atoms with E-state index < -0.39 is 18.1 Å². The molecule has 2 amide bonds. The number of rotatable bonds is 5. The summed E-state index contributed by atoms with van der Waals surface area (Å²) < 4.78 is 18.4. The van der Waals surface area contributed by atoms with Crippen molar-refractivity contribution in [1.29, 1.82) is 0 Å². The van der Waals surface area contributed by atoms with Gasteiger partial charge in [-0.15, -0.1) is 0 Å². The molecule has 35 heavy (non-hydrogen) atoms. The maximum absolute atomic E-state index is 13.5. The van der Waals surface area contributed by atoms with Crippen molar-refractivity contribution < 1.29 is 28.6 Å². The first-order chi connectivity index (χ1) is 16.8. The molecule has 0 N–H and O–H groups in total. The first kappa shape index (κ1) is 22.6. The van der Waals surface area contributed by atoms with E-state index in [2.05, 4.69) is 24.1 Å². The van der Waals surface area contributed by atoms with E-state index >= 15 is 0 Å². The molecule has 2 aliphatic carbocycles. The summed E-state index contributed by atoms with van der Waals surface area (Å²) in [5, 5.41) is 0. The highest BCUT2D eigenvalue weighted by molar-refractivity contribution is 6.05. The van der Waals surface area contributed by atoms with Crippen LogP contribution in [0.2, 0.25) is 0 Å². The molecule has 0 aromatic heterocycles. The van der Waals surface area contributed by atoms with Crippen LogP contribution in [0.3, 0.4) is 0 Å². The number of piperidine rings is 1. The second-order valence-electron chi connectivity index (χ2n) is 10.9. The molecule has 0 unspecified atom stereocenters. The molecule has 0 saturated carbocycles. The number of carbonyl (C=O) groups is 3. The summed E-state index contributed by atoms with van der Waals surface area (Å²) in [4.78, 5) is 41.9. The van der Waals surface area contributed by atoms with Gasteiger partial charge in [0, 0.05) is 35.8 Å². The van der Waals surface area contributed by atoms with Gasteiger partial charge in [0.25, 0.3) is 0 Å². The van der Waals surface area contributed by atoms with E-state index in [1.165, 1.54) is 11.1 Å². The summed E-state index contributed by atoms with van der Waals surface area (Å²) in [7, 11) is 3.82. The van der Waals surface area contributed by atoms with E-state index in [1.54, 1.807) is 7.11 Å². The maximum atomic E-state index is 13.5. The van der Waals surface area contributed by atoms with Gasteiger partial charge in [-0.2, -0.15) is 0 Å². The van der Waals surface area contributed by atoms with E-state index in [0.29, 0.717) is 11.8 Å². The van der Waals surface area contributed by atoms with Gasteiger partial charge in [-0.05, 0) is 50.1 Å². The molecule has 5 aliphatic rings. The monoisotopic (exact) mass is 480 g/mol. The topological polar surface area (TPSA) is 85.4 Å². The van der Waals surface area contributed by atoms with Gasteiger partial charge in [0.2, 0.25) is 11.8 Å². The Hall–Kier alpha value is -2.87. The van der Waals surface area contributed by atoms with E-state index in [4.69, 9.17) is 14.2 Å². The lowest BCUT2D eigenvalue weighted by molar-refractivity contribution is -0.168. The Morgan fingerprint density at radius 1 is 1.17 bits per heavy atom. The van der Waals surface area contributed by atoms with Crippen LogP contribution in [0.1, 0.15) is 44.2 Å². The number of methoxy groups -OCH3 is 1. The van der Waals surface area contributed by atoms with Crippen molar-refractivity contribution in [3.8, 4) is 11.5 Å². The standard InChI is InChI=1S/C27H32N2O6/c1-14(2)23(29-20(30)9-10-21(29)31)26(32)34-19-8-6-16-17-13-15-5-7-18(33-4)24-22(15)27(16,25(19)35-24)11-12-28(17)3/h5-8,14,16-17,19,23,25H,9-13H2,1-4H3/t16-,17+,19-,23-,25-,27-/m0/s1. The third kappa shape index (κ3) is 2.98. The summed E-state index contributed by atoms with van der Waals surface area (Å²) in [6.07, 6.45) is 5.25. The molecule has 1 aromatic rings. The molecule has 2 saturated heterocycles. The number of imide groups is 1. The quantitative estimate of drug-likeness (QED) is 0.363. The van der Waals surface area contributed by atoms with Gasteiger partial charge in [0.05, 0.1) is 7.11 Å². The first-order valence-corrected chi connectivity index (χ1v) is 12.6. The Balaban J connectivity index is 1.38. The number of nitrogens with zero attached hydrogens (tertiary/aromatic N) is 2. The molecule has 2 bridgehead atoms. The molecule has 8 nitrogen and oxygen atoms in total. The third-order valence-corrected chi connectivity index (χ3v) is 8.83. The zero-order chi connectivity index (χ0) is 24.6. The molecule has 6 atom stereocenters. The Morgan fingerprint density at radius 2 is 1.91 bits per heavy atom. The van der Waals surface area contributed by atoms with Crippen LogP contribution in [0, 0.1) is 11.8 Å². The SMILES string of the molecule is COc1ccc2c3c1O[C@H]1[C@@H](OC(=O)[C@H](C(C)C)N4C(=O)CCC4=O)C=C[C@H]4[C@@H](C2)N(C)CC[C@@]341. The zero-order valence-corrected chi connectivity index (χ0v) is 20.7. The van der Waals surface area contributed by atoms with Gasteiger partial charge in [0.15, 0.2) is 17.6 Å². The lowest BCUT2D eigenvalue weighted by atomic mass is 9.53. The highest BCUT2D eigenvalue weighted by Crippen LogP contribution is 2.62. The van der Waals surface area contributed by atoms with Crippen LogP contribution in [0.5, 0.6) is 11.5 Å². The molecular weight excluding hydrogens is 448 g/mol. The van der Waals surface area contributed by atoms with Crippen LogP contribution in [0.15, 0.2) is 24.3 Å². The largest absolute Gasteiger partial charge is 0.493 e. The highest BCUT2D eigenvalue weighted by atomic mass is 16.6. The fourth-order valence-electron chi connectivity index (χ4n) is 7.25. The number of likely N-dealkylation sites (tertiary alicyclic amines) is 2. The number of carbonyl (C=O) groups excluding carboxylic acids is 3. The van der Waals surface area contributed by atoms with Gasteiger partial charge in [-0.1, -0.05) is 26.0 Å². The number of likely N-dealkylation sites (N-methyl/N-ethyl adjacent to an activating group) is 1. The number of hydrogen-bond acceptors (Lipinski definition) is 7. The Morgan fingerprint density at radius 3 is 2.60 bits per heavy atom. The molecule has 6 rings (SSSR count). The zero-order valence-electron chi connectivity index (χ0n) is 20.7. The smallest absolute Gasteiger partial charge is 0.330 e. The number of hydrogen-bond donors (Lipinski definition) is 0. The number of benzene rings is 1. The van der Waals surface area contributed by atoms with E-state index in [9.17, 15) is 14.4 Å². The Labute approximate surface area is 205 Å². The summed E-state index contributed by atoms with van der Waals surface area (Å²) >= 11 is 0.